The molecule has 0 aliphatic heterocycles. The van der Waals surface area contributed by atoms with Crippen LogP contribution in [0.5, 0.6) is 17.2 Å². The number of non-ortho nitro benzene ring substituents is 1. The van der Waals surface area contributed by atoms with Gasteiger partial charge in [0.25, 0.3) is 5.69 Å². The van der Waals surface area contributed by atoms with E-state index in [0.717, 1.165) is 18.2 Å². The van der Waals surface area contributed by atoms with Crippen molar-refractivity contribution in [3.8, 4) is 17.2 Å². The Labute approximate surface area is 137 Å². The number of ether oxygens (including phenoxy) is 2. The van der Waals surface area contributed by atoms with Crippen molar-refractivity contribution in [2.75, 3.05) is 24.9 Å². The fraction of sp³-hybridized carbons (Fsp3) is 0.133. The van der Waals surface area contributed by atoms with Gasteiger partial charge in [-0.15, -0.1) is 0 Å². The van der Waals surface area contributed by atoms with E-state index in [9.17, 15) is 20.0 Å². The molecule has 9 heteroatoms. The van der Waals surface area contributed by atoms with Gasteiger partial charge in [0, 0.05) is 18.2 Å². The highest BCUT2D eigenvalue weighted by Crippen LogP contribution is 2.30. The van der Waals surface area contributed by atoms with E-state index < -0.39 is 11.0 Å². The maximum atomic E-state index is 12.1. The minimum absolute atomic E-state index is 0.0939. The molecule has 2 amide bonds. The molecule has 24 heavy (non-hydrogen) atoms. The molecule has 0 radical (unpaired) electrons. The van der Waals surface area contributed by atoms with E-state index in [2.05, 4.69) is 10.6 Å². The van der Waals surface area contributed by atoms with E-state index in [4.69, 9.17) is 9.47 Å². The lowest BCUT2D eigenvalue weighted by atomic mass is 10.2. The number of benzene rings is 2. The van der Waals surface area contributed by atoms with Gasteiger partial charge in [0.2, 0.25) is 0 Å². The molecule has 0 fully saturated rings. The van der Waals surface area contributed by atoms with Crippen molar-refractivity contribution in [1.29, 1.82) is 0 Å². The summed E-state index contributed by atoms with van der Waals surface area (Å²) in [5, 5.41) is 25.3. The molecule has 0 saturated carbocycles. The van der Waals surface area contributed by atoms with E-state index in [1.54, 1.807) is 18.2 Å². The number of hydrogen-bond donors (Lipinski definition) is 3. The van der Waals surface area contributed by atoms with Crippen molar-refractivity contribution < 1.29 is 24.3 Å². The number of carbonyl (C=O) groups excluding carboxylic acids is 1. The number of anilines is 2. The molecular weight excluding hydrogens is 318 g/mol. The number of carbonyl (C=O) groups is 1. The van der Waals surface area contributed by atoms with Crippen molar-refractivity contribution in [2.45, 2.75) is 0 Å². The SMILES string of the molecule is COc1ccc(OC)c(NC(=O)Nc2cc([N+](=O)[O-])ccc2O)c1. The predicted octanol–water partition coefficient (Wildman–Crippen LogP) is 2.96. The summed E-state index contributed by atoms with van der Waals surface area (Å²) in [5.74, 6) is 0.604. The summed E-state index contributed by atoms with van der Waals surface area (Å²) < 4.78 is 10.2. The van der Waals surface area contributed by atoms with Gasteiger partial charge < -0.3 is 25.2 Å². The smallest absolute Gasteiger partial charge is 0.323 e. The van der Waals surface area contributed by atoms with Gasteiger partial charge in [-0.2, -0.15) is 0 Å². The Morgan fingerprint density at radius 3 is 2.42 bits per heavy atom. The van der Waals surface area contributed by atoms with E-state index >= 15 is 0 Å². The standard InChI is InChI=1S/C15H15N3O6/c1-23-10-4-6-14(24-2)12(8-10)17-15(20)16-11-7-9(18(21)22)3-5-13(11)19/h3-8,19H,1-2H3,(H2,16,17,20). The summed E-state index contributed by atoms with van der Waals surface area (Å²) >= 11 is 0. The number of aromatic hydroxyl groups is 1. The van der Waals surface area contributed by atoms with Crippen LogP contribution in [-0.4, -0.2) is 30.3 Å². The van der Waals surface area contributed by atoms with Gasteiger partial charge in [-0.25, -0.2) is 4.79 Å². The normalized spacial score (nSPS) is 9.92. The molecule has 0 aromatic heterocycles. The molecule has 0 spiro atoms. The first-order chi connectivity index (χ1) is 11.4. The number of hydrogen-bond acceptors (Lipinski definition) is 6. The summed E-state index contributed by atoms with van der Waals surface area (Å²) in [6.07, 6.45) is 0. The molecule has 126 valence electrons. The Kier molecular flexibility index (Phi) is 5.05. The van der Waals surface area contributed by atoms with Crippen molar-refractivity contribution in [3.05, 3.63) is 46.5 Å². The van der Waals surface area contributed by atoms with Gasteiger partial charge in [0.05, 0.1) is 30.5 Å². The summed E-state index contributed by atoms with van der Waals surface area (Å²) in [5.41, 5.74) is -0.0232. The van der Waals surface area contributed by atoms with E-state index in [-0.39, 0.29) is 17.1 Å². The van der Waals surface area contributed by atoms with Crippen LogP contribution in [0.25, 0.3) is 0 Å². The topological polar surface area (TPSA) is 123 Å². The van der Waals surface area contributed by atoms with Crippen LogP contribution in [0, 0.1) is 10.1 Å². The summed E-state index contributed by atoms with van der Waals surface area (Å²) in [7, 11) is 2.92. The number of nitro benzene ring substituents is 1. The van der Waals surface area contributed by atoms with Gasteiger partial charge >= 0.3 is 6.03 Å². The lowest BCUT2D eigenvalue weighted by Crippen LogP contribution is -2.20. The molecule has 3 N–H and O–H groups in total. The minimum atomic E-state index is -0.711. The number of nitro groups is 1. The van der Waals surface area contributed by atoms with Crippen molar-refractivity contribution in [3.63, 3.8) is 0 Å². The maximum Gasteiger partial charge on any atom is 0.323 e. The summed E-state index contributed by atoms with van der Waals surface area (Å²) in [6.45, 7) is 0. The average Bonchev–Trinajstić information content (AvgIpc) is 2.56. The number of phenolic OH excluding ortho intramolecular Hbond substituents is 1. The number of amides is 2. The van der Waals surface area contributed by atoms with Gasteiger partial charge in [-0.05, 0) is 18.2 Å². The molecule has 0 aliphatic rings. The Hall–Kier alpha value is -3.49. The average molecular weight is 333 g/mol. The molecular formula is C15H15N3O6. The fourth-order valence-electron chi connectivity index (χ4n) is 1.93. The highest BCUT2D eigenvalue weighted by Gasteiger charge is 2.14. The number of nitrogens with one attached hydrogen (secondary N) is 2. The van der Waals surface area contributed by atoms with Crippen LogP contribution >= 0.6 is 0 Å². The monoisotopic (exact) mass is 333 g/mol. The van der Waals surface area contributed by atoms with Crippen LogP contribution in [0.4, 0.5) is 21.9 Å². The molecule has 0 bridgehead atoms. The van der Waals surface area contributed by atoms with E-state index in [1.165, 1.54) is 14.2 Å². The number of nitrogens with zero attached hydrogens (tertiary/aromatic N) is 1. The van der Waals surface area contributed by atoms with Crippen LogP contribution in [-0.2, 0) is 0 Å². The quantitative estimate of drug-likeness (QED) is 0.439. The van der Waals surface area contributed by atoms with Crippen LogP contribution in [0.1, 0.15) is 0 Å². The highest BCUT2D eigenvalue weighted by molar-refractivity contribution is 6.01. The third kappa shape index (κ3) is 3.83. The first-order valence-corrected chi connectivity index (χ1v) is 6.72. The predicted molar refractivity (Wildman–Crippen MR) is 86.9 cm³/mol. The molecule has 0 atom stereocenters. The van der Waals surface area contributed by atoms with Crippen LogP contribution in [0.15, 0.2) is 36.4 Å². The van der Waals surface area contributed by atoms with E-state index in [0.29, 0.717) is 17.2 Å². The Morgan fingerprint density at radius 1 is 1.08 bits per heavy atom. The number of urea groups is 1. The molecule has 2 aromatic rings. The molecule has 0 saturated heterocycles. The van der Waals surface area contributed by atoms with Gasteiger partial charge in [0.1, 0.15) is 17.2 Å². The minimum Gasteiger partial charge on any atom is -0.506 e. The number of methoxy groups -OCH3 is 2. The van der Waals surface area contributed by atoms with Crippen molar-refractivity contribution in [2.24, 2.45) is 0 Å². The summed E-state index contributed by atoms with van der Waals surface area (Å²) in [6, 6.07) is 7.41. The molecule has 0 heterocycles. The zero-order valence-corrected chi connectivity index (χ0v) is 12.9. The largest absolute Gasteiger partial charge is 0.506 e. The van der Waals surface area contributed by atoms with Crippen LogP contribution in [0.2, 0.25) is 0 Å². The van der Waals surface area contributed by atoms with Gasteiger partial charge in [0.15, 0.2) is 0 Å². The lowest BCUT2D eigenvalue weighted by molar-refractivity contribution is -0.384. The van der Waals surface area contributed by atoms with Gasteiger partial charge in [-0.3, -0.25) is 10.1 Å². The van der Waals surface area contributed by atoms with Gasteiger partial charge in [-0.1, -0.05) is 0 Å². The first-order valence-electron chi connectivity index (χ1n) is 6.72. The van der Waals surface area contributed by atoms with Crippen molar-refractivity contribution in [1.82, 2.24) is 0 Å². The van der Waals surface area contributed by atoms with E-state index in [1.807, 2.05) is 0 Å². The second-order valence-electron chi connectivity index (χ2n) is 4.60. The zero-order valence-electron chi connectivity index (χ0n) is 12.9. The fourth-order valence-corrected chi connectivity index (χ4v) is 1.93. The Bertz CT molecular complexity index is 778. The molecule has 0 aliphatic carbocycles. The third-order valence-electron chi connectivity index (χ3n) is 3.09. The Balaban J connectivity index is 2.20. The second-order valence-corrected chi connectivity index (χ2v) is 4.60. The molecule has 0 unspecified atom stereocenters. The lowest BCUT2D eigenvalue weighted by Gasteiger charge is -2.13. The van der Waals surface area contributed by atoms with Crippen LogP contribution in [0.3, 0.4) is 0 Å². The number of phenols is 1. The zero-order chi connectivity index (χ0) is 17.7. The first kappa shape index (κ1) is 16.9. The number of rotatable bonds is 5. The molecule has 2 aromatic carbocycles. The molecule has 2 rings (SSSR count). The highest BCUT2D eigenvalue weighted by atomic mass is 16.6. The second kappa shape index (κ2) is 7.18. The maximum absolute atomic E-state index is 12.1. The van der Waals surface area contributed by atoms with Crippen LogP contribution < -0.4 is 20.1 Å². The third-order valence-corrected chi connectivity index (χ3v) is 3.09. The Morgan fingerprint density at radius 2 is 1.79 bits per heavy atom. The summed E-state index contributed by atoms with van der Waals surface area (Å²) in [4.78, 5) is 22.2. The van der Waals surface area contributed by atoms with Crippen molar-refractivity contribution >= 4 is 23.1 Å². The molecule has 9 nitrogen and oxygen atoms in total.